The highest BCUT2D eigenvalue weighted by molar-refractivity contribution is 9.11. The Morgan fingerprint density at radius 1 is 1.16 bits per heavy atom. The SMILES string of the molecule is CCOC(CNC(C)c1ccc(Br)cc1Br)OCC. The van der Waals surface area contributed by atoms with Crippen LogP contribution in [0, 0.1) is 0 Å². The Morgan fingerprint density at radius 2 is 1.79 bits per heavy atom. The van der Waals surface area contributed by atoms with Crippen molar-refractivity contribution < 1.29 is 9.47 Å². The van der Waals surface area contributed by atoms with Crippen molar-refractivity contribution in [1.82, 2.24) is 5.32 Å². The van der Waals surface area contributed by atoms with Crippen molar-refractivity contribution in [3.05, 3.63) is 32.7 Å². The first kappa shape index (κ1) is 17.1. The van der Waals surface area contributed by atoms with Gasteiger partial charge in [-0.2, -0.15) is 0 Å². The Bertz CT molecular complexity index is 382. The topological polar surface area (TPSA) is 30.5 Å². The van der Waals surface area contributed by atoms with Crippen LogP contribution in [0.5, 0.6) is 0 Å². The fourth-order valence-corrected chi connectivity index (χ4v) is 3.16. The molecule has 0 aliphatic carbocycles. The Balaban J connectivity index is 2.55. The third kappa shape index (κ3) is 5.92. The molecule has 0 aliphatic rings. The second-order valence-corrected chi connectivity index (χ2v) is 5.91. The lowest BCUT2D eigenvalue weighted by molar-refractivity contribution is -0.133. The first-order valence-electron chi connectivity index (χ1n) is 6.50. The van der Waals surface area contributed by atoms with Crippen molar-refractivity contribution in [2.75, 3.05) is 19.8 Å². The van der Waals surface area contributed by atoms with Gasteiger partial charge in [-0.05, 0) is 38.5 Å². The molecule has 0 spiro atoms. The van der Waals surface area contributed by atoms with Gasteiger partial charge in [-0.1, -0.05) is 37.9 Å². The molecule has 1 aromatic carbocycles. The summed E-state index contributed by atoms with van der Waals surface area (Å²) in [6.07, 6.45) is -0.188. The summed E-state index contributed by atoms with van der Waals surface area (Å²) in [6, 6.07) is 6.42. The van der Waals surface area contributed by atoms with Gasteiger partial charge < -0.3 is 14.8 Å². The summed E-state index contributed by atoms with van der Waals surface area (Å²) in [5.41, 5.74) is 1.22. The van der Waals surface area contributed by atoms with Crippen molar-refractivity contribution in [2.45, 2.75) is 33.1 Å². The molecule has 19 heavy (non-hydrogen) atoms. The molecule has 0 bridgehead atoms. The largest absolute Gasteiger partial charge is 0.352 e. The summed E-state index contributed by atoms with van der Waals surface area (Å²) in [6.45, 7) is 8.06. The van der Waals surface area contributed by atoms with Crippen LogP contribution in [0.1, 0.15) is 32.4 Å². The molecule has 1 unspecified atom stereocenters. The minimum atomic E-state index is -0.188. The van der Waals surface area contributed by atoms with Crippen molar-refractivity contribution in [3.63, 3.8) is 0 Å². The van der Waals surface area contributed by atoms with Gasteiger partial charge in [0, 0.05) is 34.7 Å². The zero-order valence-electron chi connectivity index (χ0n) is 11.6. The van der Waals surface area contributed by atoms with E-state index in [9.17, 15) is 0 Å². The summed E-state index contributed by atoms with van der Waals surface area (Å²) in [4.78, 5) is 0. The van der Waals surface area contributed by atoms with Gasteiger partial charge in [0.1, 0.15) is 0 Å². The van der Waals surface area contributed by atoms with E-state index in [1.807, 2.05) is 19.9 Å². The molecule has 0 aliphatic heterocycles. The molecule has 0 saturated carbocycles. The first-order chi connectivity index (χ1) is 9.08. The molecule has 0 aromatic heterocycles. The molecule has 0 amide bonds. The van der Waals surface area contributed by atoms with Crippen LogP contribution in [0.3, 0.4) is 0 Å². The maximum atomic E-state index is 5.51. The minimum Gasteiger partial charge on any atom is -0.352 e. The lowest BCUT2D eigenvalue weighted by atomic mass is 10.1. The molecule has 1 rings (SSSR count). The van der Waals surface area contributed by atoms with Gasteiger partial charge in [-0.25, -0.2) is 0 Å². The van der Waals surface area contributed by atoms with E-state index in [1.165, 1.54) is 5.56 Å². The van der Waals surface area contributed by atoms with Gasteiger partial charge in [0.25, 0.3) is 0 Å². The molecule has 0 heterocycles. The summed E-state index contributed by atoms with van der Waals surface area (Å²) in [5.74, 6) is 0. The minimum absolute atomic E-state index is 0.188. The lowest BCUT2D eigenvalue weighted by Crippen LogP contribution is -2.33. The Kier molecular flexibility index (Phi) is 8.18. The summed E-state index contributed by atoms with van der Waals surface area (Å²) in [5, 5.41) is 3.43. The van der Waals surface area contributed by atoms with E-state index in [0.29, 0.717) is 19.8 Å². The van der Waals surface area contributed by atoms with Crippen LogP contribution in [-0.4, -0.2) is 26.0 Å². The number of benzene rings is 1. The van der Waals surface area contributed by atoms with Gasteiger partial charge in [-0.15, -0.1) is 0 Å². The zero-order valence-corrected chi connectivity index (χ0v) is 14.8. The quantitative estimate of drug-likeness (QED) is 0.668. The van der Waals surface area contributed by atoms with Gasteiger partial charge in [-0.3, -0.25) is 0 Å². The van der Waals surface area contributed by atoms with Crippen molar-refractivity contribution in [3.8, 4) is 0 Å². The molecular formula is C14H21Br2NO2. The van der Waals surface area contributed by atoms with Crippen molar-refractivity contribution in [1.29, 1.82) is 0 Å². The summed E-state index contributed by atoms with van der Waals surface area (Å²) < 4.78 is 13.2. The molecular weight excluding hydrogens is 374 g/mol. The van der Waals surface area contributed by atoms with Crippen LogP contribution in [0.15, 0.2) is 27.1 Å². The number of halogens is 2. The molecule has 1 aromatic rings. The molecule has 0 fully saturated rings. The van der Waals surface area contributed by atoms with Crippen LogP contribution in [0.25, 0.3) is 0 Å². The molecule has 0 radical (unpaired) electrons. The molecule has 1 N–H and O–H groups in total. The van der Waals surface area contributed by atoms with E-state index in [0.717, 1.165) is 8.95 Å². The number of hydrogen-bond donors (Lipinski definition) is 1. The average Bonchev–Trinajstić information content (AvgIpc) is 2.36. The van der Waals surface area contributed by atoms with Crippen LogP contribution >= 0.6 is 31.9 Å². The highest BCUT2D eigenvalue weighted by Crippen LogP contribution is 2.26. The Labute approximate surface area is 132 Å². The van der Waals surface area contributed by atoms with E-state index in [4.69, 9.17) is 9.47 Å². The van der Waals surface area contributed by atoms with E-state index < -0.39 is 0 Å². The average molecular weight is 395 g/mol. The number of hydrogen-bond acceptors (Lipinski definition) is 3. The third-order valence-electron chi connectivity index (χ3n) is 2.72. The number of rotatable bonds is 8. The van der Waals surface area contributed by atoms with Gasteiger partial charge in [0.15, 0.2) is 6.29 Å². The standard InChI is InChI=1S/C14H21Br2NO2/c1-4-18-14(19-5-2)9-17-10(3)12-7-6-11(15)8-13(12)16/h6-8,10,14,17H,4-5,9H2,1-3H3. The smallest absolute Gasteiger partial charge is 0.169 e. The number of ether oxygens (including phenoxy) is 2. The molecule has 5 heteroatoms. The van der Waals surface area contributed by atoms with E-state index in [2.05, 4.69) is 56.2 Å². The summed E-state index contributed by atoms with van der Waals surface area (Å²) >= 11 is 7.04. The second-order valence-electron chi connectivity index (χ2n) is 4.14. The highest BCUT2D eigenvalue weighted by atomic mass is 79.9. The monoisotopic (exact) mass is 393 g/mol. The third-order valence-corrected chi connectivity index (χ3v) is 3.90. The first-order valence-corrected chi connectivity index (χ1v) is 8.08. The Morgan fingerprint density at radius 3 is 2.32 bits per heavy atom. The van der Waals surface area contributed by atoms with Gasteiger partial charge in [0.05, 0.1) is 0 Å². The zero-order chi connectivity index (χ0) is 14.3. The summed E-state index contributed by atoms with van der Waals surface area (Å²) in [7, 11) is 0. The molecule has 3 nitrogen and oxygen atoms in total. The van der Waals surface area contributed by atoms with Gasteiger partial charge >= 0.3 is 0 Å². The predicted molar refractivity (Wildman–Crippen MR) is 85.3 cm³/mol. The fraction of sp³-hybridized carbons (Fsp3) is 0.571. The predicted octanol–water partition coefficient (Wildman–Crippen LogP) is 4.26. The fourth-order valence-electron chi connectivity index (χ4n) is 1.77. The second kappa shape index (κ2) is 9.08. The van der Waals surface area contributed by atoms with Gasteiger partial charge in [0.2, 0.25) is 0 Å². The van der Waals surface area contributed by atoms with Crippen LogP contribution in [0.2, 0.25) is 0 Å². The van der Waals surface area contributed by atoms with E-state index >= 15 is 0 Å². The molecule has 0 saturated heterocycles. The maximum absolute atomic E-state index is 5.51. The normalized spacial score (nSPS) is 12.9. The lowest BCUT2D eigenvalue weighted by Gasteiger charge is -2.21. The van der Waals surface area contributed by atoms with Crippen molar-refractivity contribution in [2.24, 2.45) is 0 Å². The van der Waals surface area contributed by atoms with Crippen molar-refractivity contribution >= 4 is 31.9 Å². The van der Waals surface area contributed by atoms with Crippen LogP contribution in [-0.2, 0) is 9.47 Å². The van der Waals surface area contributed by atoms with Crippen LogP contribution in [0.4, 0.5) is 0 Å². The Hall–Kier alpha value is 0.0600. The van der Waals surface area contributed by atoms with E-state index in [1.54, 1.807) is 0 Å². The maximum Gasteiger partial charge on any atom is 0.169 e. The van der Waals surface area contributed by atoms with E-state index in [-0.39, 0.29) is 12.3 Å². The number of nitrogens with one attached hydrogen (secondary N) is 1. The van der Waals surface area contributed by atoms with Crippen LogP contribution < -0.4 is 5.32 Å². The highest BCUT2D eigenvalue weighted by Gasteiger charge is 2.13. The molecule has 1 atom stereocenters. The molecule has 108 valence electrons.